The van der Waals surface area contributed by atoms with Crippen LogP contribution in [0.1, 0.15) is 35.7 Å². The molecule has 1 aromatic carbocycles. The van der Waals surface area contributed by atoms with Crippen LogP contribution in [0.5, 0.6) is 0 Å². The van der Waals surface area contributed by atoms with Gasteiger partial charge in [-0.1, -0.05) is 11.8 Å². The van der Waals surface area contributed by atoms with Crippen LogP contribution in [0.15, 0.2) is 24.3 Å². The molecule has 20 heavy (non-hydrogen) atoms. The number of benzene rings is 1. The Hall–Kier alpha value is -1.83. The topological polar surface area (TPSA) is 64.4 Å². The molecule has 1 heterocycles. The summed E-state index contributed by atoms with van der Waals surface area (Å²) < 4.78 is 5.57. The third-order valence-electron chi connectivity index (χ3n) is 3.36. The Morgan fingerprint density at radius 2 is 2.25 bits per heavy atom. The number of amides is 1. The van der Waals surface area contributed by atoms with Crippen molar-refractivity contribution in [3.63, 3.8) is 0 Å². The van der Waals surface area contributed by atoms with Gasteiger partial charge in [0.25, 0.3) is 5.91 Å². The van der Waals surface area contributed by atoms with Gasteiger partial charge >= 0.3 is 0 Å². The number of nitrogens with two attached hydrogens (primary N) is 1. The van der Waals surface area contributed by atoms with Crippen molar-refractivity contribution in [1.82, 2.24) is 5.32 Å². The maximum atomic E-state index is 12.1. The summed E-state index contributed by atoms with van der Waals surface area (Å²) in [6.45, 7) is 3.11. The number of rotatable bonds is 3. The van der Waals surface area contributed by atoms with Crippen LogP contribution < -0.4 is 11.1 Å². The van der Waals surface area contributed by atoms with E-state index >= 15 is 0 Å². The van der Waals surface area contributed by atoms with Crippen molar-refractivity contribution < 1.29 is 9.53 Å². The second-order valence-electron chi connectivity index (χ2n) is 4.90. The lowest BCUT2D eigenvalue weighted by atomic mass is 10.1. The van der Waals surface area contributed by atoms with E-state index in [2.05, 4.69) is 17.2 Å². The number of ether oxygens (including phenoxy) is 1. The number of carbonyl (C=O) groups excluding carboxylic acids is 1. The SMILES string of the molecule is CC(NC(=O)c1ccc(C#CCN)cc1)C1CCCO1. The van der Waals surface area contributed by atoms with Gasteiger partial charge < -0.3 is 15.8 Å². The first-order chi connectivity index (χ1) is 9.70. The molecule has 4 heteroatoms. The van der Waals surface area contributed by atoms with Crippen LogP contribution in [-0.4, -0.2) is 31.2 Å². The second-order valence-corrected chi connectivity index (χ2v) is 4.90. The van der Waals surface area contributed by atoms with Gasteiger partial charge in [0.05, 0.1) is 18.7 Å². The highest BCUT2D eigenvalue weighted by Crippen LogP contribution is 2.15. The first-order valence-corrected chi connectivity index (χ1v) is 6.92. The summed E-state index contributed by atoms with van der Waals surface area (Å²) in [5, 5.41) is 2.98. The molecular formula is C16H20N2O2. The van der Waals surface area contributed by atoms with Crippen molar-refractivity contribution in [2.24, 2.45) is 5.73 Å². The molecule has 1 aliphatic rings. The predicted octanol–water partition coefficient (Wildman–Crippen LogP) is 1.29. The molecule has 0 saturated carbocycles. The summed E-state index contributed by atoms with van der Waals surface area (Å²) in [5.41, 5.74) is 6.81. The smallest absolute Gasteiger partial charge is 0.251 e. The summed E-state index contributed by atoms with van der Waals surface area (Å²) in [7, 11) is 0. The summed E-state index contributed by atoms with van der Waals surface area (Å²) in [5.74, 6) is 5.64. The molecule has 3 N–H and O–H groups in total. The average molecular weight is 272 g/mol. The molecule has 2 unspecified atom stereocenters. The molecule has 0 aromatic heterocycles. The van der Waals surface area contributed by atoms with Crippen molar-refractivity contribution in [2.45, 2.75) is 31.9 Å². The second kappa shape index (κ2) is 7.09. The Labute approximate surface area is 119 Å². The highest BCUT2D eigenvalue weighted by atomic mass is 16.5. The average Bonchev–Trinajstić information content (AvgIpc) is 3.00. The highest BCUT2D eigenvalue weighted by Gasteiger charge is 2.23. The fourth-order valence-electron chi connectivity index (χ4n) is 2.24. The zero-order valence-corrected chi connectivity index (χ0v) is 11.7. The molecule has 2 atom stereocenters. The molecule has 0 spiro atoms. The third kappa shape index (κ3) is 3.83. The molecular weight excluding hydrogens is 252 g/mol. The Bertz CT molecular complexity index is 508. The fraction of sp³-hybridized carbons (Fsp3) is 0.438. The predicted molar refractivity (Wildman–Crippen MR) is 78.3 cm³/mol. The molecule has 0 bridgehead atoms. The standard InChI is InChI=1S/C16H20N2O2/c1-12(15-5-3-11-20-15)18-16(19)14-8-6-13(7-9-14)4-2-10-17/h6-9,12,15H,3,5,10-11,17H2,1H3,(H,18,19). The first-order valence-electron chi connectivity index (χ1n) is 6.92. The van der Waals surface area contributed by atoms with E-state index in [4.69, 9.17) is 10.5 Å². The van der Waals surface area contributed by atoms with Crippen molar-refractivity contribution in [2.75, 3.05) is 13.2 Å². The number of carbonyl (C=O) groups is 1. The van der Waals surface area contributed by atoms with Gasteiger partial charge in [-0.25, -0.2) is 0 Å². The molecule has 1 amide bonds. The van der Waals surface area contributed by atoms with Crippen LogP contribution in [0.3, 0.4) is 0 Å². The fourth-order valence-corrected chi connectivity index (χ4v) is 2.24. The summed E-state index contributed by atoms with van der Waals surface area (Å²) in [4.78, 5) is 12.1. The molecule has 0 aliphatic carbocycles. The van der Waals surface area contributed by atoms with E-state index < -0.39 is 0 Å². The van der Waals surface area contributed by atoms with E-state index in [1.807, 2.05) is 19.1 Å². The van der Waals surface area contributed by atoms with E-state index in [-0.39, 0.29) is 18.1 Å². The number of hydrogen-bond donors (Lipinski definition) is 2. The Kier molecular flexibility index (Phi) is 5.16. The molecule has 1 fully saturated rings. The van der Waals surface area contributed by atoms with Crippen LogP contribution in [0, 0.1) is 11.8 Å². The summed E-state index contributed by atoms with van der Waals surface area (Å²) in [6, 6.07) is 7.24. The van der Waals surface area contributed by atoms with Gasteiger partial charge in [-0.05, 0) is 44.0 Å². The van der Waals surface area contributed by atoms with Gasteiger partial charge in [-0.15, -0.1) is 0 Å². The minimum absolute atomic E-state index is 0.0294. The molecule has 2 rings (SSSR count). The molecule has 1 aromatic rings. The minimum atomic E-state index is -0.0775. The lowest BCUT2D eigenvalue weighted by Gasteiger charge is -2.19. The first kappa shape index (κ1) is 14.6. The van der Waals surface area contributed by atoms with Gasteiger partial charge in [0, 0.05) is 17.7 Å². The largest absolute Gasteiger partial charge is 0.376 e. The third-order valence-corrected chi connectivity index (χ3v) is 3.36. The lowest BCUT2D eigenvalue weighted by molar-refractivity contribution is 0.0712. The van der Waals surface area contributed by atoms with E-state index in [1.54, 1.807) is 12.1 Å². The van der Waals surface area contributed by atoms with Gasteiger partial charge in [0.15, 0.2) is 0 Å². The van der Waals surface area contributed by atoms with E-state index in [0.717, 1.165) is 25.0 Å². The normalized spacial score (nSPS) is 19.0. The molecule has 1 aliphatic heterocycles. The maximum absolute atomic E-state index is 12.1. The monoisotopic (exact) mass is 272 g/mol. The van der Waals surface area contributed by atoms with Crippen molar-refractivity contribution in [3.05, 3.63) is 35.4 Å². The molecule has 1 saturated heterocycles. The van der Waals surface area contributed by atoms with Gasteiger partial charge in [0.1, 0.15) is 0 Å². The summed E-state index contributed by atoms with van der Waals surface area (Å²) >= 11 is 0. The molecule has 0 radical (unpaired) electrons. The van der Waals surface area contributed by atoms with Crippen molar-refractivity contribution in [3.8, 4) is 11.8 Å². The van der Waals surface area contributed by atoms with Crippen LogP contribution >= 0.6 is 0 Å². The quantitative estimate of drug-likeness (QED) is 0.815. The van der Waals surface area contributed by atoms with E-state index in [1.165, 1.54) is 0 Å². The van der Waals surface area contributed by atoms with E-state index in [0.29, 0.717) is 12.1 Å². The van der Waals surface area contributed by atoms with Crippen LogP contribution in [0.4, 0.5) is 0 Å². The van der Waals surface area contributed by atoms with Gasteiger partial charge in [0.2, 0.25) is 0 Å². The van der Waals surface area contributed by atoms with Crippen LogP contribution in [-0.2, 0) is 4.74 Å². The highest BCUT2D eigenvalue weighted by molar-refractivity contribution is 5.94. The Morgan fingerprint density at radius 1 is 1.50 bits per heavy atom. The van der Waals surface area contributed by atoms with Gasteiger partial charge in [-0.3, -0.25) is 4.79 Å². The zero-order chi connectivity index (χ0) is 14.4. The number of hydrogen-bond acceptors (Lipinski definition) is 3. The Morgan fingerprint density at radius 3 is 2.85 bits per heavy atom. The van der Waals surface area contributed by atoms with Crippen molar-refractivity contribution in [1.29, 1.82) is 0 Å². The van der Waals surface area contributed by atoms with Crippen molar-refractivity contribution >= 4 is 5.91 Å². The number of nitrogens with one attached hydrogen (secondary N) is 1. The van der Waals surface area contributed by atoms with Crippen LogP contribution in [0.2, 0.25) is 0 Å². The molecule has 106 valence electrons. The molecule has 4 nitrogen and oxygen atoms in total. The van der Waals surface area contributed by atoms with Gasteiger partial charge in [-0.2, -0.15) is 0 Å². The van der Waals surface area contributed by atoms with E-state index in [9.17, 15) is 4.79 Å². The summed E-state index contributed by atoms with van der Waals surface area (Å²) in [6.07, 6.45) is 2.21. The lowest BCUT2D eigenvalue weighted by Crippen LogP contribution is -2.40. The van der Waals surface area contributed by atoms with Crippen LogP contribution in [0.25, 0.3) is 0 Å². The maximum Gasteiger partial charge on any atom is 0.251 e. The Balaban J connectivity index is 1.94. The minimum Gasteiger partial charge on any atom is -0.376 e. The zero-order valence-electron chi connectivity index (χ0n) is 11.7.